The van der Waals surface area contributed by atoms with E-state index in [1.54, 1.807) is 29.5 Å². The summed E-state index contributed by atoms with van der Waals surface area (Å²) < 4.78 is 98.4. The quantitative estimate of drug-likeness (QED) is 0.0274. The van der Waals surface area contributed by atoms with Gasteiger partial charge < -0.3 is 74.1 Å². The summed E-state index contributed by atoms with van der Waals surface area (Å²) in [6, 6.07) is 17.5. The fourth-order valence-electron chi connectivity index (χ4n) is 10.5. The van der Waals surface area contributed by atoms with Crippen molar-refractivity contribution >= 4 is 67.9 Å². The fourth-order valence-corrected chi connectivity index (χ4v) is 12.2. The van der Waals surface area contributed by atoms with Gasteiger partial charge in [-0.05, 0) is 59.9 Å². The highest BCUT2D eigenvalue weighted by molar-refractivity contribution is 7.90. The molecule has 3 aliphatic heterocycles. The van der Waals surface area contributed by atoms with Gasteiger partial charge >= 0.3 is 12.3 Å². The maximum Gasteiger partial charge on any atom is 0.586 e. The number of nitrogens with one attached hydrogen (secondary N) is 4. The van der Waals surface area contributed by atoms with E-state index in [4.69, 9.17) is 54.5 Å². The number of aliphatic hydroxyl groups excluding tert-OH is 1. The Labute approximate surface area is 542 Å². The Bertz CT molecular complexity index is 3530. The third-order valence-electron chi connectivity index (χ3n) is 15.3. The molecule has 6 aromatic rings. The summed E-state index contributed by atoms with van der Waals surface area (Å²) in [5.41, 5.74) is 5.26. The van der Waals surface area contributed by atoms with Gasteiger partial charge in [0.05, 0.1) is 134 Å². The van der Waals surface area contributed by atoms with Gasteiger partial charge in [-0.15, -0.1) is 20.1 Å². The maximum absolute atomic E-state index is 14.4. The number of carbonyl (C=O) groups excluding carboxylic acids is 2. The van der Waals surface area contributed by atoms with Crippen LogP contribution in [0.4, 0.5) is 32.1 Å². The van der Waals surface area contributed by atoms with Crippen molar-refractivity contribution in [1.82, 2.24) is 45.4 Å². The zero-order valence-electron chi connectivity index (χ0n) is 52.2. The first kappa shape index (κ1) is 69.3. The number of ether oxygens (including phenoxy) is 8. The number of likely N-dealkylation sites (tertiary alicyclic amines) is 1. The predicted octanol–water partition coefficient (Wildman–Crippen LogP) is 6.52. The minimum absolute atomic E-state index is 0.00245. The molecule has 3 aliphatic rings. The van der Waals surface area contributed by atoms with E-state index in [1.807, 2.05) is 62.4 Å². The second-order valence-corrected chi connectivity index (χ2v) is 26.3. The number of halogens is 3. The van der Waals surface area contributed by atoms with Gasteiger partial charge in [0.2, 0.25) is 23.7 Å². The lowest BCUT2D eigenvalue weighted by Gasteiger charge is -2.35. The Morgan fingerprint density at radius 3 is 2.17 bits per heavy atom. The number of nitrogens with zero attached hydrogens (tertiary/aromatic N) is 8. The molecule has 2 fully saturated rings. The number of aliphatic hydroxyl groups is 1. The van der Waals surface area contributed by atoms with E-state index in [2.05, 4.69) is 46.1 Å². The average molecular weight is 1340 g/mol. The lowest BCUT2D eigenvalue weighted by molar-refractivity contribution is -0.287. The highest BCUT2D eigenvalue weighted by Gasteiger charge is 2.46. The van der Waals surface area contributed by atoms with Crippen LogP contribution in [-0.4, -0.2) is 210 Å². The number of hydrogen-bond acceptors (Lipinski definition) is 24. The van der Waals surface area contributed by atoms with Crippen LogP contribution in [0.5, 0.6) is 17.5 Å². The molecule has 4 atom stereocenters. The molecule has 9 rings (SSSR count). The van der Waals surface area contributed by atoms with Crippen molar-refractivity contribution in [3.63, 3.8) is 0 Å². The highest BCUT2D eigenvalue weighted by Crippen LogP contribution is 2.48. The predicted molar refractivity (Wildman–Crippen MR) is 341 cm³/mol. The summed E-state index contributed by atoms with van der Waals surface area (Å²) in [5.74, 6) is -0.613. The molecule has 0 aliphatic carbocycles. The molecule has 30 heteroatoms. The van der Waals surface area contributed by atoms with Crippen LogP contribution in [0.15, 0.2) is 89.4 Å². The number of rotatable bonds is 33. The summed E-state index contributed by atoms with van der Waals surface area (Å²) in [6.07, 6.45) is -1.99. The van der Waals surface area contributed by atoms with Crippen LogP contribution in [0.1, 0.15) is 55.7 Å². The third kappa shape index (κ3) is 19.1. The number of methoxy groups -OCH3 is 1. The molecule has 3 aromatic heterocycles. The van der Waals surface area contributed by atoms with Gasteiger partial charge in [-0.1, -0.05) is 68.8 Å². The van der Waals surface area contributed by atoms with Crippen molar-refractivity contribution in [2.75, 3.05) is 141 Å². The molecule has 6 heterocycles. The number of amides is 2. The molecule has 2 amide bonds. The number of sulfone groups is 1. The van der Waals surface area contributed by atoms with Crippen LogP contribution in [0.3, 0.4) is 0 Å². The molecule has 92 heavy (non-hydrogen) atoms. The molecule has 0 unspecified atom stereocenters. The van der Waals surface area contributed by atoms with Crippen molar-refractivity contribution in [3.8, 4) is 28.0 Å². The first-order valence-corrected chi connectivity index (χ1v) is 33.3. The van der Waals surface area contributed by atoms with Crippen molar-refractivity contribution in [1.29, 1.82) is 0 Å². The van der Waals surface area contributed by atoms with Gasteiger partial charge in [-0.2, -0.15) is 15.0 Å². The first-order chi connectivity index (χ1) is 44.1. The smallest absolute Gasteiger partial charge is 0.467 e. The lowest BCUT2D eigenvalue weighted by Crippen LogP contribution is -2.57. The van der Waals surface area contributed by atoms with Gasteiger partial charge in [-0.3, -0.25) is 19.5 Å². The van der Waals surface area contributed by atoms with Gasteiger partial charge in [-0.25, -0.2) is 13.4 Å². The molecule has 25 nitrogen and oxygen atoms in total. The van der Waals surface area contributed by atoms with Gasteiger partial charge in [0.25, 0.3) is 0 Å². The van der Waals surface area contributed by atoms with Crippen molar-refractivity contribution in [3.05, 3.63) is 112 Å². The van der Waals surface area contributed by atoms with Crippen molar-refractivity contribution in [2.45, 2.75) is 76.1 Å². The number of fused-ring (bicyclic) bond motifs is 1. The van der Waals surface area contributed by atoms with E-state index >= 15 is 0 Å². The molecule has 0 bridgehead atoms. The zero-order chi connectivity index (χ0) is 65.4. The number of alkyl halides is 2. The number of aryl methyl sites for hydroxylation is 1. The van der Waals surface area contributed by atoms with Gasteiger partial charge in [0.15, 0.2) is 21.3 Å². The highest BCUT2D eigenvalue weighted by atomic mass is 35.5. The molecular weight excluding hydrogens is 1260 g/mol. The fraction of sp³-hybridized carbons (Fsp3) is 0.500. The van der Waals surface area contributed by atoms with E-state index in [0.29, 0.717) is 124 Å². The van der Waals surface area contributed by atoms with Gasteiger partial charge in [0, 0.05) is 76.8 Å². The van der Waals surface area contributed by atoms with Crippen LogP contribution >= 0.6 is 22.9 Å². The number of para-hydroxylation sites is 1. The van der Waals surface area contributed by atoms with Crippen LogP contribution in [0, 0.1) is 12.3 Å². The normalized spacial score (nSPS) is 17.2. The topological polar surface area (TPSA) is 285 Å². The number of anilines is 4. The Kier molecular flexibility index (Phi) is 24.3. The minimum Gasteiger partial charge on any atom is -0.467 e. The molecular formula is C62H79ClF2N12O13S2. The zero-order valence-corrected chi connectivity index (χ0v) is 54.6. The minimum atomic E-state index is -3.92. The number of thiazole rings is 1. The largest absolute Gasteiger partial charge is 0.586 e. The molecule has 498 valence electrons. The average Bonchev–Trinajstić information content (AvgIpc) is 1.55. The van der Waals surface area contributed by atoms with E-state index in [-0.39, 0.29) is 75.1 Å². The van der Waals surface area contributed by atoms with Crippen molar-refractivity contribution in [2.24, 2.45) is 5.41 Å². The Morgan fingerprint density at radius 2 is 1.53 bits per heavy atom. The van der Waals surface area contributed by atoms with E-state index in [0.717, 1.165) is 28.0 Å². The molecule has 0 spiro atoms. The summed E-state index contributed by atoms with van der Waals surface area (Å²) in [5, 5.41) is 23.6. The number of carbonyl (C=O) groups is 2. The Hall–Kier alpha value is -7.03. The summed E-state index contributed by atoms with van der Waals surface area (Å²) in [4.78, 5) is 56.7. The van der Waals surface area contributed by atoms with E-state index < -0.39 is 45.8 Å². The number of β-amino-alcohol motifs (C(OH)–C–C–N with tert-alkyl or cyclic N) is 1. The van der Waals surface area contributed by atoms with E-state index in [1.165, 1.54) is 48.5 Å². The SMILES string of the molecule is COc1nc(Nc2cc(S(C)(=O)=O)ccc2N[C@@H](c2cccc3c2OC(F)(F)O3)c2ncccc2Cl)nc(N2CCN(CCOCCOCCOCCOCCOCCN[C@H](C(=O)N3C[C@H](O)C[C@H]3C(=O)NCc3ccc(-c4scnc4C)cc3)C(C)(C)C)CC2)n1. The summed E-state index contributed by atoms with van der Waals surface area (Å²) >= 11 is 8.24. The second kappa shape index (κ2) is 32.2. The molecule has 5 N–H and O–H groups in total. The number of hydrogen-bond donors (Lipinski definition) is 5. The van der Waals surface area contributed by atoms with Gasteiger partial charge in [0.1, 0.15) is 6.04 Å². The number of benzene rings is 3. The molecule has 0 radical (unpaired) electrons. The monoisotopic (exact) mass is 1340 g/mol. The van der Waals surface area contributed by atoms with Crippen LogP contribution in [0.2, 0.25) is 5.02 Å². The summed E-state index contributed by atoms with van der Waals surface area (Å²) in [6.45, 7) is 15.7. The number of piperazine rings is 1. The van der Waals surface area contributed by atoms with Crippen LogP contribution < -0.4 is 40.4 Å². The van der Waals surface area contributed by atoms with Crippen molar-refractivity contribution < 1.29 is 69.8 Å². The van der Waals surface area contributed by atoms with Crippen LogP contribution in [-0.2, 0) is 49.7 Å². The first-order valence-electron chi connectivity index (χ1n) is 30.2. The van der Waals surface area contributed by atoms with Crippen LogP contribution in [0.25, 0.3) is 10.4 Å². The van der Waals surface area contributed by atoms with E-state index in [9.17, 15) is 31.9 Å². The lowest BCUT2D eigenvalue weighted by atomic mass is 9.85. The Balaban J connectivity index is 0.629. The standard InChI is InChI=1S/C62H79ClF2N12O13S2/c1-40-54(91-39-69-40)42-14-12-41(13-15-42)37-68-56(79)49-35-43(78)38-77(49)57(80)55(61(2,3)4)67-19-25-84-27-29-86-31-33-88-34-32-87-30-28-85-26-24-75-20-22-76(23-21-75)59-72-58(73-60(74-59)83-5)71-48-36-44(92(6,81)82)16-17-47(48)70-51(52-46(63)10-8-18-66-52)45-9-7-11-50-53(45)90-62(64,65)89-50/h7-18,36,39,43,49,51,55,67,70,78H,19-35,37-38H2,1-6H3,(H,68,79)(H,71,72,73,74)/t43-,49+,51+,55-/m1/s1. The molecule has 2 saturated heterocycles. The Morgan fingerprint density at radius 1 is 0.848 bits per heavy atom. The maximum atomic E-state index is 14.4. The number of aromatic nitrogens is 5. The number of pyridine rings is 1. The molecule has 3 aromatic carbocycles. The molecule has 0 saturated carbocycles. The third-order valence-corrected chi connectivity index (χ3v) is 17.7. The summed E-state index contributed by atoms with van der Waals surface area (Å²) in [7, 11) is -2.31. The second-order valence-electron chi connectivity index (χ2n) is 23.1.